The maximum absolute atomic E-state index is 12.1. The highest BCUT2D eigenvalue weighted by Crippen LogP contribution is 2.25. The highest BCUT2D eigenvalue weighted by atomic mass is 16.5. The summed E-state index contributed by atoms with van der Waals surface area (Å²) >= 11 is 0. The minimum Gasteiger partial charge on any atom is -0.459 e. The van der Waals surface area contributed by atoms with E-state index in [-0.39, 0.29) is 18.3 Å². The van der Waals surface area contributed by atoms with Crippen LogP contribution in [0.2, 0.25) is 0 Å². The van der Waals surface area contributed by atoms with Gasteiger partial charge in [-0.05, 0) is 18.4 Å². The largest absolute Gasteiger partial charge is 0.459 e. The van der Waals surface area contributed by atoms with Gasteiger partial charge in [0.15, 0.2) is 11.8 Å². The number of Topliss-reactive ketones (excluding diaryl/α,β-unsaturated/α-hetero) is 1. The molecule has 1 aromatic carbocycles. The van der Waals surface area contributed by atoms with Gasteiger partial charge in [0.25, 0.3) is 0 Å². The van der Waals surface area contributed by atoms with Gasteiger partial charge < -0.3 is 10.5 Å². The number of ether oxygens (including phenoxy) is 1. The molecule has 0 aliphatic heterocycles. The lowest BCUT2D eigenvalue weighted by Crippen LogP contribution is -2.43. The Hall–Kier alpha value is -1.68. The summed E-state index contributed by atoms with van der Waals surface area (Å²) in [7, 11) is 0. The van der Waals surface area contributed by atoms with Crippen LogP contribution in [0.4, 0.5) is 0 Å². The summed E-state index contributed by atoms with van der Waals surface area (Å²) in [4.78, 5) is 24.0. The Morgan fingerprint density at radius 1 is 1.15 bits per heavy atom. The van der Waals surface area contributed by atoms with E-state index in [9.17, 15) is 9.59 Å². The number of nitrogens with two attached hydrogens (primary N) is 1. The van der Waals surface area contributed by atoms with E-state index in [0.29, 0.717) is 0 Å². The number of rotatable bonds is 5. The van der Waals surface area contributed by atoms with Crippen molar-refractivity contribution in [1.29, 1.82) is 0 Å². The molecular formula is C16H21NO3. The molecule has 2 N–H and O–H groups in total. The van der Waals surface area contributed by atoms with Crippen LogP contribution in [0.25, 0.3) is 0 Å². The van der Waals surface area contributed by atoms with Crippen LogP contribution in [0.15, 0.2) is 30.3 Å². The van der Waals surface area contributed by atoms with Gasteiger partial charge in [0.1, 0.15) is 6.61 Å². The van der Waals surface area contributed by atoms with Gasteiger partial charge in [-0.2, -0.15) is 0 Å². The van der Waals surface area contributed by atoms with Crippen molar-refractivity contribution < 1.29 is 14.3 Å². The van der Waals surface area contributed by atoms with E-state index in [1.54, 1.807) is 0 Å². The average molecular weight is 275 g/mol. The molecule has 0 amide bonds. The normalized spacial score (nSPS) is 17.4. The number of benzene rings is 1. The molecule has 0 heterocycles. The Morgan fingerprint density at radius 3 is 2.45 bits per heavy atom. The third-order valence-electron chi connectivity index (χ3n) is 3.79. The SMILES string of the molecule is NC(C(=O)OCc1ccccc1)C(=O)C1CCCCC1. The highest BCUT2D eigenvalue weighted by Gasteiger charge is 2.31. The first-order valence-corrected chi connectivity index (χ1v) is 7.18. The van der Waals surface area contributed by atoms with Gasteiger partial charge in [-0.25, -0.2) is 4.79 Å². The minimum atomic E-state index is -1.14. The third kappa shape index (κ3) is 3.90. The van der Waals surface area contributed by atoms with Crippen LogP contribution in [0.3, 0.4) is 0 Å². The smallest absolute Gasteiger partial charge is 0.331 e. The molecule has 0 aromatic heterocycles. The van der Waals surface area contributed by atoms with Crippen molar-refractivity contribution in [2.24, 2.45) is 11.7 Å². The van der Waals surface area contributed by atoms with Crippen LogP contribution >= 0.6 is 0 Å². The Bertz CT molecular complexity index is 452. The molecular weight excluding hydrogens is 254 g/mol. The number of hydrogen-bond acceptors (Lipinski definition) is 4. The Kier molecular flexibility index (Phi) is 5.30. The number of ketones is 1. The third-order valence-corrected chi connectivity index (χ3v) is 3.79. The summed E-state index contributed by atoms with van der Waals surface area (Å²) in [5.41, 5.74) is 6.62. The van der Waals surface area contributed by atoms with Crippen molar-refractivity contribution in [2.75, 3.05) is 0 Å². The lowest BCUT2D eigenvalue weighted by Gasteiger charge is -2.22. The molecule has 0 radical (unpaired) electrons. The van der Waals surface area contributed by atoms with Gasteiger partial charge in [0, 0.05) is 5.92 Å². The number of hydrogen-bond donors (Lipinski definition) is 1. The lowest BCUT2D eigenvalue weighted by atomic mass is 9.84. The lowest BCUT2D eigenvalue weighted by molar-refractivity contribution is -0.150. The average Bonchev–Trinajstić information content (AvgIpc) is 2.53. The van der Waals surface area contributed by atoms with Crippen molar-refractivity contribution in [1.82, 2.24) is 0 Å². The fourth-order valence-corrected chi connectivity index (χ4v) is 2.58. The van der Waals surface area contributed by atoms with Gasteiger partial charge in [-0.3, -0.25) is 4.79 Å². The minimum absolute atomic E-state index is 0.0666. The molecule has 1 atom stereocenters. The van der Waals surface area contributed by atoms with Crippen molar-refractivity contribution >= 4 is 11.8 Å². The molecule has 0 saturated heterocycles. The van der Waals surface area contributed by atoms with E-state index >= 15 is 0 Å². The molecule has 4 heteroatoms. The van der Waals surface area contributed by atoms with Crippen molar-refractivity contribution in [3.63, 3.8) is 0 Å². The molecule has 4 nitrogen and oxygen atoms in total. The topological polar surface area (TPSA) is 69.4 Å². The van der Waals surface area contributed by atoms with E-state index in [1.165, 1.54) is 0 Å². The summed E-state index contributed by atoms with van der Waals surface area (Å²) in [5, 5.41) is 0. The van der Waals surface area contributed by atoms with E-state index in [0.717, 1.165) is 37.7 Å². The quantitative estimate of drug-likeness (QED) is 0.660. The number of carbonyl (C=O) groups is 2. The molecule has 2 rings (SSSR count). The standard InChI is InChI=1S/C16H21NO3/c17-14(15(18)13-9-5-2-6-10-13)16(19)20-11-12-7-3-1-4-8-12/h1,3-4,7-8,13-14H,2,5-6,9-11,17H2. The summed E-state index contributed by atoms with van der Waals surface area (Å²) < 4.78 is 5.12. The van der Waals surface area contributed by atoms with E-state index in [1.807, 2.05) is 30.3 Å². The van der Waals surface area contributed by atoms with Crippen LogP contribution in [0.5, 0.6) is 0 Å². The van der Waals surface area contributed by atoms with Gasteiger partial charge in [-0.1, -0.05) is 49.6 Å². The summed E-state index contributed by atoms with van der Waals surface area (Å²) in [6.45, 7) is 0.158. The molecule has 20 heavy (non-hydrogen) atoms. The molecule has 1 aliphatic rings. The Morgan fingerprint density at radius 2 is 1.80 bits per heavy atom. The van der Waals surface area contributed by atoms with Crippen LogP contribution in [0.1, 0.15) is 37.7 Å². The first-order valence-electron chi connectivity index (χ1n) is 7.18. The highest BCUT2D eigenvalue weighted by molar-refractivity contribution is 6.03. The predicted octanol–water partition coefficient (Wildman–Crippen LogP) is 2.21. The second kappa shape index (κ2) is 7.20. The predicted molar refractivity (Wildman–Crippen MR) is 75.8 cm³/mol. The van der Waals surface area contributed by atoms with Gasteiger partial charge in [0.05, 0.1) is 0 Å². The second-order valence-corrected chi connectivity index (χ2v) is 5.31. The zero-order chi connectivity index (χ0) is 14.4. The Labute approximate surface area is 119 Å². The van der Waals surface area contributed by atoms with E-state index in [2.05, 4.69) is 0 Å². The Balaban J connectivity index is 1.83. The van der Waals surface area contributed by atoms with Gasteiger partial charge in [0.2, 0.25) is 0 Å². The number of esters is 1. The summed E-state index contributed by atoms with van der Waals surface area (Å²) in [6.07, 6.45) is 4.94. The number of carbonyl (C=O) groups excluding carboxylic acids is 2. The van der Waals surface area contributed by atoms with Crippen LogP contribution in [0, 0.1) is 5.92 Å². The van der Waals surface area contributed by atoms with Crippen molar-refractivity contribution in [2.45, 2.75) is 44.8 Å². The molecule has 1 fully saturated rings. The molecule has 0 spiro atoms. The second-order valence-electron chi connectivity index (χ2n) is 5.31. The van der Waals surface area contributed by atoms with Crippen molar-refractivity contribution in [3.8, 4) is 0 Å². The summed E-state index contributed by atoms with van der Waals surface area (Å²) in [6, 6.07) is 8.22. The van der Waals surface area contributed by atoms with Gasteiger partial charge >= 0.3 is 5.97 Å². The first kappa shape index (κ1) is 14.7. The summed E-state index contributed by atoms with van der Waals surface area (Å²) in [5.74, 6) is -0.852. The molecule has 1 unspecified atom stereocenters. The molecule has 0 bridgehead atoms. The van der Waals surface area contributed by atoms with E-state index in [4.69, 9.17) is 10.5 Å². The van der Waals surface area contributed by atoms with Crippen molar-refractivity contribution in [3.05, 3.63) is 35.9 Å². The first-order chi connectivity index (χ1) is 9.68. The molecule has 1 aliphatic carbocycles. The van der Waals surface area contributed by atoms with Crippen LogP contribution in [-0.4, -0.2) is 17.8 Å². The molecule has 108 valence electrons. The maximum atomic E-state index is 12.1. The van der Waals surface area contributed by atoms with Crippen LogP contribution in [-0.2, 0) is 20.9 Å². The van der Waals surface area contributed by atoms with E-state index < -0.39 is 12.0 Å². The maximum Gasteiger partial charge on any atom is 0.331 e. The monoisotopic (exact) mass is 275 g/mol. The fraction of sp³-hybridized carbons (Fsp3) is 0.500. The van der Waals surface area contributed by atoms with Crippen LogP contribution < -0.4 is 5.73 Å². The molecule has 1 aromatic rings. The van der Waals surface area contributed by atoms with Gasteiger partial charge in [-0.15, -0.1) is 0 Å². The molecule has 1 saturated carbocycles. The fourth-order valence-electron chi connectivity index (χ4n) is 2.58. The zero-order valence-corrected chi connectivity index (χ0v) is 11.6. The zero-order valence-electron chi connectivity index (χ0n) is 11.6.